The van der Waals surface area contributed by atoms with Gasteiger partial charge in [0.05, 0.1) is 0 Å². The zero-order valence-corrected chi connectivity index (χ0v) is 23.7. The Morgan fingerprint density at radius 1 is 1.03 bits per heavy atom. The summed E-state index contributed by atoms with van der Waals surface area (Å²) in [5, 5.41) is 0. The molecule has 0 amide bonds. The second kappa shape index (κ2) is 11.5. The fourth-order valence-electron chi connectivity index (χ4n) is 3.61. The average Bonchev–Trinajstić information content (AvgIpc) is 3.32. The van der Waals surface area contributed by atoms with Crippen molar-refractivity contribution in [2.24, 2.45) is 0 Å². The van der Waals surface area contributed by atoms with Gasteiger partial charge in [0.15, 0.2) is 0 Å². The summed E-state index contributed by atoms with van der Waals surface area (Å²) in [5.41, 5.74) is 4.03. The summed E-state index contributed by atoms with van der Waals surface area (Å²) in [5.74, 6) is 0. The molecule has 3 aromatic rings. The Balaban J connectivity index is 0.00000272. The van der Waals surface area contributed by atoms with Gasteiger partial charge in [0.2, 0.25) is 0 Å². The van der Waals surface area contributed by atoms with Gasteiger partial charge in [-0.3, -0.25) is 0 Å². The van der Waals surface area contributed by atoms with E-state index < -0.39 is 0 Å². The van der Waals surface area contributed by atoms with Crippen LogP contribution in [0.2, 0.25) is 0 Å². The minimum atomic E-state index is 0. The van der Waals surface area contributed by atoms with Crippen molar-refractivity contribution < 1.29 is 28.5 Å². The molecule has 2 aromatic carbocycles. The van der Waals surface area contributed by atoms with Gasteiger partial charge in [-0.2, -0.15) is 0 Å². The zero-order valence-electron chi connectivity index (χ0n) is 18.1. The van der Waals surface area contributed by atoms with Crippen molar-refractivity contribution in [3.05, 3.63) is 93.6 Å². The summed E-state index contributed by atoms with van der Waals surface area (Å²) in [7, 11) is 0. The molecule has 0 unspecified atom stereocenters. The van der Waals surface area contributed by atoms with E-state index in [1.165, 1.54) is 34.7 Å². The number of rotatable bonds is 6. The monoisotopic (exact) mass is 654 g/mol. The molecule has 0 bridgehead atoms. The molecular formula is C26H27IN2Se2. The first-order chi connectivity index (χ1) is 14.7. The second-order valence-electron chi connectivity index (χ2n) is 7.10. The van der Waals surface area contributed by atoms with Gasteiger partial charge in [-0.05, 0) is 0 Å². The SMILES string of the molecule is CCN1\C(=C/C=C/C=C(C)/C=C/c2[se]c3ccccc3[n+]2CC)[Se]c2ccccc21.[I-]. The van der Waals surface area contributed by atoms with Gasteiger partial charge in [0.25, 0.3) is 0 Å². The summed E-state index contributed by atoms with van der Waals surface area (Å²) in [6, 6.07) is 17.6. The van der Waals surface area contributed by atoms with E-state index in [1.807, 2.05) is 0 Å². The van der Waals surface area contributed by atoms with Gasteiger partial charge in [-0.15, -0.1) is 0 Å². The van der Waals surface area contributed by atoms with E-state index in [1.54, 1.807) is 0 Å². The summed E-state index contributed by atoms with van der Waals surface area (Å²) in [6.45, 7) is 8.67. The Labute approximate surface area is 215 Å². The fourth-order valence-corrected chi connectivity index (χ4v) is 8.37. The van der Waals surface area contributed by atoms with Crippen molar-refractivity contribution in [1.29, 1.82) is 0 Å². The molecule has 0 N–H and O–H groups in total. The normalized spacial score (nSPS) is 15.4. The van der Waals surface area contributed by atoms with Crippen molar-refractivity contribution in [1.82, 2.24) is 0 Å². The molecule has 1 aliphatic heterocycles. The molecule has 160 valence electrons. The molecule has 31 heavy (non-hydrogen) atoms. The van der Waals surface area contributed by atoms with Crippen molar-refractivity contribution in [2.45, 2.75) is 27.3 Å². The van der Waals surface area contributed by atoms with E-state index in [9.17, 15) is 0 Å². The van der Waals surface area contributed by atoms with Gasteiger partial charge in [-0.1, -0.05) is 0 Å². The number of halogens is 1. The smallest absolute Gasteiger partial charge is 1.00 e. The van der Waals surface area contributed by atoms with Crippen molar-refractivity contribution in [3.63, 3.8) is 0 Å². The molecule has 1 aliphatic rings. The molecule has 0 saturated heterocycles. The molecule has 0 saturated carbocycles. The number of anilines is 1. The van der Waals surface area contributed by atoms with E-state index in [4.69, 9.17) is 0 Å². The van der Waals surface area contributed by atoms with Crippen LogP contribution in [0.3, 0.4) is 0 Å². The standard InChI is InChI=1S/C26H27N2Se2.HI/c1-4-27-21-13-7-9-15-23(21)29-25(27)17-11-6-12-20(3)18-19-26-28(5-2)22-14-8-10-16-24(22)30-26;/h6-19H,4-5H2,1-3H3;1H/q+1;/p-1. The Bertz CT molecular complexity index is 1170. The number of hydrogen-bond acceptors (Lipinski definition) is 1. The predicted octanol–water partition coefficient (Wildman–Crippen LogP) is 1.43. The third-order valence-electron chi connectivity index (χ3n) is 5.10. The molecule has 0 spiro atoms. The van der Waals surface area contributed by atoms with Gasteiger partial charge in [0, 0.05) is 0 Å². The molecule has 0 atom stereocenters. The number of nitrogens with zero attached hydrogens (tertiary/aromatic N) is 2. The molecule has 2 nitrogen and oxygen atoms in total. The first-order valence-corrected chi connectivity index (χ1v) is 13.8. The third kappa shape index (κ3) is 5.53. The predicted molar refractivity (Wildman–Crippen MR) is 132 cm³/mol. The number of aromatic nitrogens is 1. The quantitative estimate of drug-likeness (QED) is 0.170. The summed E-state index contributed by atoms with van der Waals surface area (Å²) < 4.78 is 8.29. The number of fused-ring (bicyclic) bond motifs is 2. The summed E-state index contributed by atoms with van der Waals surface area (Å²) in [4.78, 5) is 2.44. The van der Waals surface area contributed by atoms with Crippen LogP contribution in [0.1, 0.15) is 25.3 Å². The molecule has 0 aliphatic carbocycles. The van der Waals surface area contributed by atoms with E-state index in [-0.39, 0.29) is 24.0 Å². The van der Waals surface area contributed by atoms with Crippen LogP contribution in [0.4, 0.5) is 5.69 Å². The van der Waals surface area contributed by atoms with Crippen molar-refractivity contribution >= 4 is 55.5 Å². The Kier molecular flexibility index (Phi) is 9.00. The first-order valence-electron chi connectivity index (χ1n) is 10.4. The minimum Gasteiger partial charge on any atom is -1.00 e. The van der Waals surface area contributed by atoms with Crippen LogP contribution in [-0.4, -0.2) is 36.0 Å². The molecule has 1 aromatic heterocycles. The zero-order chi connectivity index (χ0) is 20.9. The maximum atomic E-state index is 2.44. The van der Waals surface area contributed by atoms with E-state index >= 15 is 0 Å². The Morgan fingerprint density at radius 2 is 1.81 bits per heavy atom. The van der Waals surface area contributed by atoms with Crippen molar-refractivity contribution in [3.8, 4) is 0 Å². The molecule has 4 rings (SSSR count). The molecule has 5 heteroatoms. The Hall–Kier alpha value is -1.36. The first kappa shape index (κ1) is 24.3. The van der Waals surface area contributed by atoms with Gasteiger partial charge in [0.1, 0.15) is 0 Å². The van der Waals surface area contributed by atoms with Crippen LogP contribution in [0.5, 0.6) is 0 Å². The van der Waals surface area contributed by atoms with Crippen LogP contribution in [0, 0.1) is 0 Å². The van der Waals surface area contributed by atoms with Crippen LogP contribution in [0.15, 0.2) is 89.1 Å². The number of para-hydroxylation sites is 2. The van der Waals surface area contributed by atoms with E-state index in [0.717, 1.165) is 13.1 Å². The van der Waals surface area contributed by atoms with Crippen LogP contribution in [0.25, 0.3) is 15.9 Å². The fraction of sp³-hybridized carbons (Fsp3) is 0.192. The number of benzene rings is 2. The van der Waals surface area contributed by atoms with Crippen molar-refractivity contribution in [2.75, 3.05) is 11.4 Å². The molecule has 0 radical (unpaired) electrons. The third-order valence-corrected chi connectivity index (χ3v) is 9.85. The maximum Gasteiger partial charge on any atom is -1.00 e. The molecule has 0 fully saturated rings. The topological polar surface area (TPSA) is 7.12 Å². The average molecular weight is 652 g/mol. The second-order valence-corrected chi connectivity index (χ2v) is 11.6. The maximum absolute atomic E-state index is 2.44. The number of aryl methyl sites for hydroxylation is 1. The van der Waals surface area contributed by atoms with Crippen LogP contribution in [-0.2, 0) is 6.54 Å². The van der Waals surface area contributed by atoms with Gasteiger partial charge >= 0.3 is 192 Å². The van der Waals surface area contributed by atoms with Gasteiger partial charge < -0.3 is 24.0 Å². The van der Waals surface area contributed by atoms with Gasteiger partial charge in [-0.25, -0.2) is 0 Å². The van der Waals surface area contributed by atoms with E-state index in [0.29, 0.717) is 29.5 Å². The van der Waals surface area contributed by atoms with E-state index in [2.05, 4.69) is 115 Å². The largest absolute Gasteiger partial charge is 1.00 e. The van der Waals surface area contributed by atoms with Crippen LogP contribution >= 0.6 is 0 Å². The number of allylic oxidation sites excluding steroid dienone is 6. The Morgan fingerprint density at radius 3 is 2.61 bits per heavy atom. The molecule has 2 heterocycles. The summed E-state index contributed by atoms with van der Waals surface area (Å²) >= 11 is 0.794. The number of hydrogen-bond donors (Lipinski definition) is 0. The molecular weight excluding hydrogens is 625 g/mol. The van der Waals surface area contributed by atoms with Crippen LogP contribution < -0.4 is 37.9 Å². The summed E-state index contributed by atoms with van der Waals surface area (Å²) in [6.07, 6.45) is 13.4. The minimum absolute atomic E-state index is 0.